The molecular formula is C17H14Cl2N4O3. The summed E-state index contributed by atoms with van der Waals surface area (Å²) in [5.41, 5.74) is 0.727. The average molecular weight is 393 g/mol. The third kappa shape index (κ3) is 2.93. The van der Waals surface area contributed by atoms with E-state index in [1.807, 2.05) is 23.1 Å². The molecule has 3 heterocycles. The molecule has 1 aliphatic heterocycles. The first-order valence-electron chi connectivity index (χ1n) is 7.97. The Kier molecular flexibility index (Phi) is 4.34. The van der Waals surface area contributed by atoms with Crippen molar-refractivity contribution in [2.24, 2.45) is 0 Å². The van der Waals surface area contributed by atoms with Crippen LogP contribution in [0.2, 0.25) is 10.0 Å². The molecule has 0 saturated carbocycles. The van der Waals surface area contributed by atoms with E-state index >= 15 is 0 Å². The molecule has 1 N–H and O–H groups in total. The first-order valence-corrected chi connectivity index (χ1v) is 8.73. The smallest absolute Gasteiger partial charge is 0.337 e. The first-order chi connectivity index (χ1) is 12.5. The van der Waals surface area contributed by atoms with Crippen molar-refractivity contribution in [3.63, 3.8) is 0 Å². The van der Waals surface area contributed by atoms with Gasteiger partial charge in [0.05, 0.1) is 21.0 Å². The van der Waals surface area contributed by atoms with Crippen LogP contribution in [0.4, 0.5) is 11.6 Å². The maximum Gasteiger partial charge on any atom is 0.337 e. The molecule has 3 aromatic rings. The van der Waals surface area contributed by atoms with Crippen LogP contribution in [0, 0.1) is 0 Å². The second-order valence-corrected chi connectivity index (χ2v) is 6.74. The zero-order chi connectivity index (χ0) is 18.3. The molecule has 0 unspecified atom stereocenters. The number of carboxylic acids is 1. The number of fused-ring (bicyclic) bond motifs is 1. The number of rotatable bonds is 3. The van der Waals surface area contributed by atoms with Crippen molar-refractivity contribution in [1.29, 1.82) is 0 Å². The summed E-state index contributed by atoms with van der Waals surface area (Å²) >= 11 is 12.5. The number of carbonyl (C=O) groups is 1. The van der Waals surface area contributed by atoms with Gasteiger partial charge >= 0.3 is 5.97 Å². The minimum absolute atomic E-state index is 0.0705. The van der Waals surface area contributed by atoms with Crippen LogP contribution < -0.4 is 9.80 Å². The fourth-order valence-electron chi connectivity index (χ4n) is 3.06. The molecule has 0 bridgehead atoms. The lowest BCUT2D eigenvalue weighted by atomic mass is 10.2. The van der Waals surface area contributed by atoms with Crippen molar-refractivity contribution in [2.45, 2.75) is 0 Å². The minimum atomic E-state index is -1.05. The van der Waals surface area contributed by atoms with Gasteiger partial charge in [0.1, 0.15) is 5.82 Å². The van der Waals surface area contributed by atoms with Crippen molar-refractivity contribution >= 4 is 51.8 Å². The second kappa shape index (κ2) is 6.66. The normalized spacial score (nSPS) is 14.8. The van der Waals surface area contributed by atoms with Gasteiger partial charge < -0.3 is 19.4 Å². The molecule has 0 amide bonds. The van der Waals surface area contributed by atoms with Crippen LogP contribution in [0.25, 0.3) is 11.0 Å². The van der Waals surface area contributed by atoms with Crippen molar-refractivity contribution in [3.05, 3.63) is 46.1 Å². The van der Waals surface area contributed by atoms with Gasteiger partial charge in [0.2, 0.25) is 0 Å². The lowest BCUT2D eigenvalue weighted by molar-refractivity contribution is 0.0696. The van der Waals surface area contributed by atoms with Crippen LogP contribution in [-0.4, -0.2) is 47.4 Å². The van der Waals surface area contributed by atoms with Gasteiger partial charge in [0, 0.05) is 32.4 Å². The van der Waals surface area contributed by atoms with Crippen LogP contribution in [0.5, 0.6) is 0 Å². The molecule has 7 nitrogen and oxygen atoms in total. The van der Waals surface area contributed by atoms with E-state index in [1.165, 1.54) is 12.3 Å². The van der Waals surface area contributed by atoms with Gasteiger partial charge in [-0.25, -0.2) is 9.78 Å². The Labute approximate surface area is 158 Å². The van der Waals surface area contributed by atoms with Crippen LogP contribution in [0.15, 0.2) is 35.0 Å². The number of hydrogen-bond acceptors (Lipinski definition) is 6. The Hall–Kier alpha value is -2.51. The van der Waals surface area contributed by atoms with Gasteiger partial charge in [-0.2, -0.15) is 0 Å². The molecule has 1 aliphatic rings. The van der Waals surface area contributed by atoms with Crippen molar-refractivity contribution in [2.75, 3.05) is 36.0 Å². The standard InChI is InChI=1S/C17H14Cl2N4O3/c18-11-2-1-3-13-14(11)16(21-26-13)23-6-4-22(5-7-23)15-12(19)8-10(9-20-15)17(24)25/h1-3,8-9H,4-7H2,(H,24,25). The van der Waals surface area contributed by atoms with E-state index in [2.05, 4.69) is 15.0 Å². The summed E-state index contributed by atoms with van der Waals surface area (Å²) in [6.07, 6.45) is 1.32. The zero-order valence-electron chi connectivity index (χ0n) is 13.5. The van der Waals surface area contributed by atoms with Gasteiger partial charge in [-0.15, -0.1) is 0 Å². The zero-order valence-corrected chi connectivity index (χ0v) is 15.0. The van der Waals surface area contributed by atoms with Gasteiger partial charge in [-0.1, -0.05) is 34.4 Å². The van der Waals surface area contributed by atoms with Crippen molar-refractivity contribution in [3.8, 4) is 0 Å². The minimum Gasteiger partial charge on any atom is -0.478 e. The number of piperazine rings is 1. The highest BCUT2D eigenvalue weighted by molar-refractivity contribution is 6.36. The maximum absolute atomic E-state index is 11.0. The Morgan fingerprint density at radius 3 is 2.42 bits per heavy atom. The molecule has 1 fully saturated rings. The number of hydrogen-bond donors (Lipinski definition) is 1. The number of anilines is 2. The third-order valence-corrected chi connectivity index (χ3v) is 4.97. The summed E-state index contributed by atoms with van der Waals surface area (Å²) in [5.74, 6) is 0.260. The Balaban J connectivity index is 1.53. The van der Waals surface area contributed by atoms with Crippen molar-refractivity contribution < 1.29 is 14.4 Å². The summed E-state index contributed by atoms with van der Waals surface area (Å²) in [4.78, 5) is 19.3. The highest BCUT2D eigenvalue weighted by atomic mass is 35.5. The number of halogens is 2. The van der Waals surface area contributed by atoms with Gasteiger partial charge in [-0.05, 0) is 18.2 Å². The number of aromatic carboxylic acids is 1. The Bertz CT molecular complexity index is 983. The molecular weight excluding hydrogens is 379 g/mol. The van der Waals surface area contributed by atoms with E-state index in [-0.39, 0.29) is 5.56 Å². The Morgan fingerprint density at radius 2 is 1.77 bits per heavy atom. The number of nitrogens with zero attached hydrogens (tertiary/aromatic N) is 4. The van der Waals surface area contributed by atoms with E-state index in [4.69, 9.17) is 32.8 Å². The fraction of sp³-hybridized carbons (Fsp3) is 0.235. The van der Waals surface area contributed by atoms with E-state index < -0.39 is 5.97 Å². The lowest BCUT2D eigenvalue weighted by Gasteiger charge is -2.35. The highest BCUT2D eigenvalue weighted by Gasteiger charge is 2.25. The molecule has 4 rings (SSSR count). The monoisotopic (exact) mass is 392 g/mol. The molecule has 1 aromatic carbocycles. The summed E-state index contributed by atoms with van der Waals surface area (Å²) in [7, 11) is 0. The maximum atomic E-state index is 11.0. The number of carboxylic acid groups (broad SMARTS) is 1. The fourth-order valence-corrected chi connectivity index (χ4v) is 3.60. The van der Waals surface area contributed by atoms with Crippen LogP contribution in [0.1, 0.15) is 10.4 Å². The number of aromatic nitrogens is 2. The number of pyridine rings is 1. The molecule has 0 aliphatic carbocycles. The molecule has 0 atom stereocenters. The van der Waals surface area contributed by atoms with Crippen LogP contribution in [0.3, 0.4) is 0 Å². The molecule has 26 heavy (non-hydrogen) atoms. The summed E-state index contributed by atoms with van der Waals surface area (Å²) in [6, 6.07) is 6.89. The number of benzene rings is 1. The molecule has 1 saturated heterocycles. The topological polar surface area (TPSA) is 82.7 Å². The predicted octanol–water partition coefficient (Wildman–Crippen LogP) is 3.55. The van der Waals surface area contributed by atoms with Gasteiger partial charge in [0.25, 0.3) is 0 Å². The van der Waals surface area contributed by atoms with Gasteiger partial charge in [-0.3, -0.25) is 0 Å². The molecule has 9 heteroatoms. The summed E-state index contributed by atoms with van der Waals surface area (Å²) in [6.45, 7) is 2.70. The SMILES string of the molecule is O=C(O)c1cnc(N2CCN(c3noc4cccc(Cl)c34)CC2)c(Cl)c1. The second-order valence-electron chi connectivity index (χ2n) is 5.93. The quantitative estimate of drug-likeness (QED) is 0.729. The van der Waals surface area contributed by atoms with E-state index in [0.717, 1.165) is 11.2 Å². The molecule has 0 radical (unpaired) electrons. The van der Waals surface area contributed by atoms with E-state index in [1.54, 1.807) is 0 Å². The van der Waals surface area contributed by atoms with Crippen molar-refractivity contribution in [1.82, 2.24) is 10.1 Å². The molecule has 0 spiro atoms. The Morgan fingerprint density at radius 1 is 1.08 bits per heavy atom. The third-order valence-electron chi connectivity index (χ3n) is 4.38. The van der Waals surface area contributed by atoms with Crippen LogP contribution in [-0.2, 0) is 0 Å². The van der Waals surface area contributed by atoms with Crippen LogP contribution >= 0.6 is 23.2 Å². The highest BCUT2D eigenvalue weighted by Crippen LogP contribution is 2.33. The van der Waals surface area contributed by atoms with E-state index in [9.17, 15) is 4.79 Å². The first kappa shape index (κ1) is 16.9. The molecule has 134 valence electrons. The average Bonchev–Trinajstić information content (AvgIpc) is 3.07. The van der Waals surface area contributed by atoms with Gasteiger partial charge in [0.15, 0.2) is 11.4 Å². The summed E-state index contributed by atoms with van der Waals surface area (Å²) < 4.78 is 5.37. The predicted molar refractivity (Wildman–Crippen MR) is 99.7 cm³/mol. The lowest BCUT2D eigenvalue weighted by Crippen LogP contribution is -2.47. The largest absolute Gasteiger partial charge is 0.478 e. The van der Waals surface area contributed by atoms with E-state index in [0.29, 0.717) is 47.6 Å². The molecule has 2 aromatic heterocycles. The summed E-state index contributed by atoms with van der Waals surface area (Å²) in [5, 5.41) is 14.9.